The largest absolute Gasteiger partial charge is 0.508 e. The first-order valence-corrected chi connectivity index (χ1v) is 17.9. The molecule has 4 atom stereocenters. The van der Waals surface area contributed by atoms with Crippen molar-refractivity contribution in [1.82, 2.24) is 20.3 Å². The number of aromatic hydroxyl groups is 1. The summed E-state index contributed by atoms with van der Waals surface area (Å²) in [5.41, 5.74) is -0.0693. The van der Waals surface area contributed by atoms with E-state index in [1.54, 1.807) is 12.1 Å². The zero-order chi connectivity index (χ0) is 29.8. The number of phenolic OH excluding ortho intramolecular Hbond substituents is 1. The van der Waals surface area contributed by atoms with Crippen LogP contribution >= 0.6 is 21.6 Å². The molecule has 41 heavy (non-hydrogen) atoms. The van der Waals surface area contributed by atoms with E-state index in [9.17, 15) is 37.8 Å². The van der Waals surface area contributed by atoms with Gasteiger partial charge in [0.15, 0.2) is 0 Å². The lowest BCUT2D eigenvalue weighted by Crippen LogP contribution is -2.55. The molecule has 3 amide bonds. The van der Waals surface area contributed by atoms with Crippen LogP contribution in [0.4, 0.5) is 0 Å². The molecule has 2 heterocycles. The molecule has 3 aliphatic rings. The number of hydrogen-bond donors (Lipinski definition) is 5. The van der Waals surface area contributed by atoms with E-state index in [1.807, 2.05) is 0 Å². The SMILES string of the molecule is CS(=O)(=O)N1CC[C@@H](c2ccc(O)cc2)C1C(=O)N[C@H]1CSSC[C@@H](C(=O)O)NC(=O)C2(CCCC2)CCNC1=O. The lowest BCUT2D eigenvalue weighted by molar-refractivity contribution is -0.143. The third-order valence-electron chi connectivity index (χ3n) is 8.10. The molecule has 12 nitrogen and oxygen atoms in total. The van der Waals surface area contributed by atoms with Crippen molar-refractivity contribution in [3.05, 3.63) is 29.8 Å². The average Bonchev–Trinajstić information content (AvgIpc) is 3.58. The Bertz CT molecular complexity index is 1250. The molecule has 1 aliphatic carbocycles. The zero-order valence-electron chi connectivity index (χ0n) is 22.7. The van der Waals surface area contributed by atoms with E-state index in [4.69, 9.17) is 0 Å². The van der Waals surface area contributed by atoms with Crippen LogP contribution in [-0.2, 0) is 29.2 Å². The molecular formula is C26H36N4O8S3. The quantitative estimate of drug-likeness (QED) is 0.295. The Morgan fingerprint density at radius 3 is 2.37 bits per heavy atom. The predicted octanol–water partition coefficient (Wildman–Crippen LogP) is 1.03. The monoisotopic (exact) mass is 628 g/mol. The molecule has 4 rings (SSSR count). The van der Waals surface area contributed by atoms with Crippen molar-refractivity contribution in [2.45, 2.75) is 62.6 Å². The summed E-state index contributed by atoms with van der Waals surface area (Å²) < 4.78 is 26.3. The van der Waals surface area contributed by atoms with Gasteiger partial charge in [0.1, 0.15) is 23.9 Å². The summed E-state index contributed by atoms with van der Waals surface area (Å²) in [5.74, 6) is -2.80. The fourth-order valence-electron chi connectivity index (χ4n) is 5.87. The second kappa shape index (κ2) is 13.2. The molecule has 1 unspecified atom stereocenters. The molecule has 1 aromatic rings. The Morgan fingerprint density at radius 1 is 1.07 bits per heavy atom. The summed E-state index contributed by atoms with van der Waals surface area (Å²) in [7, 11) is -1.39. The molecule has 0 aromatic heterocycles. The first-order chi connectivity index (χ1) is 19.4. The van der Waals surface area contributed by atoms with Gasteiger partial charge in [-0.05, 0) is 43.4 Å². The van der Waals surface area contributed by atoms with Crippen molar-refractivity contribution in [2.75, 3.05) is 30.9 Å². The van der Waals surface area contributed by atoms with Gasteiger partial charge in [0.2, 0.25) is 27.7 Å². The molecule has 5 N–H and O–H groups in total. The lowest BCUT2D eigenvalue weighted by Gasteiger charge is -2.29. The summed E-state index contributed by atoms with van der Waals surface area (Å²) in [6.45, 7) is 0.298. The number of amides is 3. The Kier molecular flexibility index (Phi) is 10.1. The first kappa shape index (κ1) is 31.4. The Morgan fingerprint density at radius 2 is 1.73 bits per heavy atom. The normalized spacial score (nSPS) is 28.1. The van der Waals surface area contributed by atoms with Gasteiger partial charge in [-0.3, -0.25) is 14.4 Å². The van der Waals surface area contributed by atoms with Gasteiger partial charge < -0.3 is 26.2 Å². The summed E-state index contributed by atoms with van der Waals surface area (Å²) in [6, 6.07) is 3.05. The van der Waals surface area contributed by atoms with E-state index in [2.05, 4.69) is 16.0 Å². The van der Waals surface area contributed by atoms with Gasteiger partial charge in [-0.1, -0.05) is 46.6 Å². The molecule has 15 heteroatoms. The molecule has 226 valence electrons. The highest BCUT2D eigenvalue weighted by Gasteiger charge is 2.46. The van der Waals surface area contributed by atoms with E-state index < -0.39 is 57.3 Å². The number of nitrogens with one attached hydrogen (secondary N) is 3. The minimum Gasteiger partial charge on any atom is -0.508 e. The molecule has 1 aromatic carbocycles. The van der Waals surface area contributed by atoms with Crippen molar-refractivity contribution in [2.24, 2.45) is 5.41 Å². The van der Waals surface area contributed by atoms with Gasteiger partial charge in [-0.2, -0.15) is 4.31 Å². The molecule has 1 spiro atoms. The van der Waals surface area contributed by atoms with Gasteiger partial charge in [-0.15, -0.1) is 0 Å². The third kappa shape index (κ3) is 7.48. The molecule has 0 radical (unpaired) electrons. The zero-order valence-corrected chi connectivity index (χ0v) is 25.2. The van der Waals surface area contributed by atoms with Gasteiger partial charge in [0.25, 0.3) is 0 Å². The standard InChI is InChI=1S/C26H36N4O8S3/c1-41(37,38)30-13-8-18(16-4-6-17(31)7-5-16)21(30)23(33)28-19-14-39-40-15-20(24(34)35)29-25(36)26(9-2-3-10-26)11-12-27-22(19)32/h4-7,18-21,31H,2-3,8-15H2,1H3,(H,27,32)(H,28,33)(H,29,36)(H,34,35)/t18-,19-,20-,21?/m0/s1. The van der Waals surface area contributed by atoms with Gasteiger partial charge in [0, 0.05) is 30.5 Å². The molecule has 1 saturated carbocycles. The number of carboxylic acid groups (broad SMARTS) is 1. The van der Waals surface area contributed by atoms with Crippen LogP contribution in [0.3, 0.4) is 0 Å². The smallest absolute Gasteiger partial charge is 0.327 e. The van der Waals surface area contributed by atoms with Crippen molar-refractivity contribution in [3.63, 3.8) is 0 Å². The fraction of sp³-hybridized carbons (Fsp3) is 0.615. The number of phenols is 1. The average molecular weight is 629 g/mol. The minimum atomic E-state index is -3.75. The van der Waals surface area contributed by atoms with Crippen LogP contribution in [0, 0.1) is 5.41 Å². The lowest BCUT2D eigenvalue weighted by atomic mass is 9.81. The van der Waals surface area contributed by atoms with E-state index in [0.29, 0.717) is 31.2 Å². The third-order valence-corrected chi connectivity index (χ3v) is 11.8. The number of nitrogens with zero attached hydrogens (tertiary/aromatic N) is 1. The van der Waals surface area contributed by atoms with Gasteiger partial charge in [0.05, 0.1) is 11.7 Å². The highest BCUT2D eigenvalue weighted by molar-refractivity contribution is 8.76. The fourth-order valence-corrected chi connectivity index (χ4v) is 9.28. The number of carboxylic acids is 1. The molecule has 0 bridgehead atoms. The summed E-state index contributed by atoms with van der Waals surface area (Å²) in [6.07, 6.45) is 4.64. The summed E-state index contributed by atoms with van der Waals surface area (Å²) in [4.78, 5) is 52.0. The van der Waals surface area contributed by atoms with Crippen molar-refractivity contribution >= 4 is 55.3 Å². The Balaban J connectivity index is 1.54. The van der Waals surface area contributed by atoms with Crippen LogP contribution in [0.2, 0.25) is 0 Å². The van der Waals surface area contributed by atoms with E-state index in [1.165, 1.54) is 33.7 Å². The molecule has 2 aliphatic heterocycles. The number of hydrogen-bond acceptors (Lipinski definition) is 9. The van der Waals surface area contributed by atoms with Crippen LogP contribution in [-0.4, -0.2) is 95.6 Å². The maximum absolute atomic E-state index is 13.7. The number of aliphatic carboxylic acids is 1. The van der Waals surface area contributed by atoms with Gasteiger partial charge in [-0.25, -0.2) is 13.2 Å². The van der Waals surface area contributed by atoms with Crippen LogP contribution in [0.5, 0.6) is 5.75 Å². The molecular weight excluding hydrogens is 593 g/mol. The number of sulfonamides is 1. The number of rotatable bonds is 5. The van der Waals surface area contributed by atoms with Crippen LogP contribution in [0.1, 0.15) is 50.0 Å². The number of carbonyl (C=O) groups excluding carboxylic acids is 3. The Hall–Kier alpha value is -2.49. The second-order valence-corrected chi connectivity index (χ2v) is 15.3. The highest BCUT2D eigenvalue weighted by atomic mass is 33.1. The number of carbonyl (C=O) groups is 4. The van der Waals surface area contributed by atoms with Crippen LogP contribution in [0.25, 0.3) is 0 Å². The topological polar surface area (TPSA) is 182 Å². The van der Waals surface area contributed by atoms with Crippen LogP contribution in [0.15, 0.2) is 24.3 Å². The van der Waals surface area contributed by atoms with E-state index in [-0.39, 0.29) is 36.3 Å². The summed E-state index contributed by atoms with van der Waals surface area (Å²) >= 11 is 0. The Labute approximate surface area is 247 Å². The van der Waals surface area contributed by atoms with E-state index >= 15 is 0 Å². The summed E-state index contributed by atoms with van der Waals surface area (Å²) in [5, 5.41) is 27.6. The second-order valence-electron chi connectivity index (χ2n) is 10.8. The van der Waals surface area contributed by atoms with Crippen molar-refractivity contribution < 1.29 is 37.8 Å². The molecule has 2 saturated heterocycles. The predicted molar refractivity (Wildman–Crippen MR) is 156 cm³/mol. The number of benzene rings is 1. The van der Waals surface area contributed by atoms with Crippen molar-refractivity contribution in [3.8, 4) is 5.75 Å². The first-order valence-electron chi connectivity index (χ1n) is 13.5. The maximum atomic E-state index is 13.7. The molecule has 3 fully saturated rings. The van der Waals surface area contributed by atoms with E-state index in [0.717, 1.165) is 23.4 Å². The van der Waals surface area contributed by atoms with Gasteiger partial charge >= 0.3 is 5.97 Å². The maximum Gasteiger partial charge on any atom is 0.327 e. The highest BCUT2D eigenvalue weighted by Crippen LogP contribution is 2.41. The van der Waals surface area contributed by atoms with Crippen molar-refractivity contribution in [1.29, 1.82) is 0 Å². The van der Waals surface area contributed by atoms with Crippen LogP contribution < -0.4 is 16.0 Å². The minimum absolute atomic E-state index is 0.0457.